The fourth-order valence-electron chi connectivity index (χ4n) is 2.33. The Bertz CT molecular complexity index is 342. The number of piperidine rings is 1. The normalized spacial score (nSPS) is 19.1. The van der Waals surface area contributed by atoms with Crippen molar-refractivity contribution >= 4 is 0 Å². The van der Waals surface area contributed by atoms with E-state index in [2.05, 4.69) is 28.9 Å². The highest BCUT2D eigenvalue weighted by molar-refractivity contribution is 4.98. The molecule has 0 unspecified atom stereocenters. The van der Waals surface area contributed by atoms with E-state index in [0.717, 1.165) is 31.8 Å². The number of hydrogen-bond donors (Lipinski definition) is 1. The molecule has 1 aliphatic rings. The zero-order valence-electron chi connectivity index (χ0n) is 10.7. The van der Waals surface area contributed by atoms with Gasteiger partial charge in [-0.2, -0.15) is 4.98 Å². The Morgan fingerprint density at radius 1 is 1.41 bits per heavy atom. The van der Waals surface area contributed by atoms with Crippen LogP contribution in [-0.4, -0.2) is 40.7 Å². The van der Waals surface area contributed by atoms with Crippen LogP contribution in [0.1, 0.15) is 44.3 Å². The van der Waals surface area contributed by atoms with E-state index in [-0.39, 0.29) is 0 Å². The Kier molecular flexibility index (Phi) is 4.12. The first-order valence-corrected chi connectivity index (χ1v) is 6.47. The average molecular weight is 238 g/mol. The third kappa shape index (κ3) is 3.04. The summed E-state index contributed by atoms with van der Waals surface area (Å²) in [6.45, 7) is 7.31. The molecule has 2 rings (SSSR count). The van der Waals surface area contributed by atoms with Crippen LogP contribution >= 0.6 is 0 Å². The van der Waals surface area contributed by atoms with Gasteiger partial charge in [0.2, 0.25) is 5.89 Å². The molecule has 0 aromatic carbocycles. The van der Waals surface area contributed by atoms with Crippen LogP contribution in [0.5, 0.6) is 0 Å². The van der Waals surface area contributed by atoms with Crippen molar-refractivity contribution in [2.45, 2.75) is 45.1 Å². The first-order valence-electron chi connectivity index (χ1n) is 6.47. The van der Waals surface area contributed by atoms with Crippen molar-refractivity contribution in [3.63, 3.8) is 0 Å². The van der Waals surface area contributed by atoms with Gasteiger partial charge in [0.15, 0.2) is 5.82 Å². The molecule has 0 atom stereocenters. The van der Waals surface area contributed by atoms with Crippen LogP contribution in [0.25, 0.3) is 0 Å². The van der Waals surface area contributed by atoms with E-state index >= 15 is 0 Å². The summed E-state index contributed by atoms with van der Waals surface area (Å²) in [5.74, 6) is 2.01. The quantitative estimate of drug-likeness (QED) is 0.852. The number of hydrogen-bond acceptors (Lipinski definition) is 5. The molecule has 5 heteroatoms. The Labute approximate surface area is 102 Å². The first kappa shape index (κ1) is 12.5. The van der Waals surface area contributed by atoms with E-state index in [1.165, 1.54) is 0 Å². The Morgan fingerprint density at radius 2 is 2.12 bits per heavy atom. The van der Waals surface area contributed by atoms with Crippen LogP contribution in [0.15, 0.2) is 4.52 Å². The number of rotatable bonds is 4. The minimum Gasteiger partial charge on any atom is -0.339 e. The van der Waals surface area contributed by atoms with E-state index in [1.54, 1.807) is 0 Å². The van der Waals surface area contributed by atoms with Gasteiger partial charge >= 0.3 is 0 Å². The van der Waals surface area contributed by atoms with Crippen LogP contribution in [0, 0.1) is 0 Å². The summed E-state index contributed by atoms with van der Waals surface area (Å²) in [6, 6.07) is 0.633. The Hall–Kier alpha value is -0.940. The van der Waals surface area contributed by atoms with Gasteiger partial charge in [-0.3, -0.25) is 0 Å². The smallest absolute Gasteiger partial charge is 0.227 e. The molecule has 0 saturated carbocycles. The largest absolute Gasteiger partial charge is 0.339 e. The summed E-state index contributed by atoms with van der Waals surface area (Å²) < 4.78 is 5.18. The molecular weight excluding hydrogens is 216 g/mol. The van der Waals surface area contributed by atoms with E-state index in [4.69, 9.17) is 10.3 Å². The summed E-state index contributed by atoms with van der Waals surface area (Å²) in [7, 11) is 0. The molecule has 1 aromatic rings. The summed E-state index contributed by atoms with van der Waals surface area (Å²) in [4.78, 5) is 6.91. The topological polar surface area (TPSA) is 68.2 Å². The number of nitrogens with zero attached hydrogens (tertiary/aromatic N) is 3. The number of nitrogens with two attached hydrogens (primary N) is 1. The zero-order chi connectivity index (χ0) is 12.3. The number of aromatic nitrogens is 2. The molecule has 1 aromatic heterocycles. The molecule has 2 heterocycles. The maximum atomic E-state index is 5.47. The Morgan fingerprint density at radius 3 is 2.71 bits per heavy atom. The first-order chi connectivity index (χ1) is 8.20. The lowest BCUT2D eigenvalue weighted by Gasteiger charge is -2.33. The summed E-state index contributed by atoms with van der Waals surface area (Å²) >= 11 is 0. The van der Waals surface area contributed by atoms with Gasteiger partial charge in [-0.15, -0.1) is 0 Å². The van der Waals surface area contributed by atoms with Gasteiger partial charge in [-0.05, 0) is 39.8 Å². The molecule has 1 saturated heterocycles. The maximum absolute atomic E-state index is 5.47. The van der Waals surface area contributed by atoms with Crippen molar-refractivity contribution in [1.82, 2.24) is 15.0 Å². The molecular formula is C12H22N4O. The average Bonchev–Trinajstić information content (AvgIpc) is 2.78. The molecule has 1 fully saturated rings. The van der Waals surface area contributed by atoms with E-state index in [9.17, 15) is 0 Å². The highest BCUT2D eigenvalue weighted by atomic mass is 16.5. The predicted octanol–water partition coefficient (Wildman–Crippen LogP) is 1.16. The lowest BCUT2D eigenvalue weighted by molar-refractivity contribution is 0.168. The molecule has 96 valence electrons. The Balaban J connectivity index is 1.91. The molecule has 0 radical (unpaired) electrons. The molecule has 2 N–H and O–H groups in total. The van der Waals surface area contributed by atoms with Crippen LogP contribution in [-0.2, 0) is 6.42 Å². The monoisotopic (exact) mass is 238 g/mol. The fraction of sp³-hybridized carbons (Fsp3) is 0.833. The molecule has 0 aliphatic carbocycles. The molecule has 0 bridgehead atoms. The van der Waals surface area contributed by atoms with Crippen LogP contribution in [0.3, 0.4) is 0 Å². The predicted molar refractivity (Wildman–Crippen MR) is 65.7 cm³/mol. The minimum atomic E-state index is 0.459. The second kappa shape index (κ2) is 5.60. The third-order valence-corrected chi connectivity index (χ3v) is 3.47. The second-order valence-electron chi connectivity index (χ2n) is 4.99. The highest BCUT2D eigenvalue weighted by Crippen LogP contribution is 2.26. The highest BCUT2D eigenvalue weighted by Gasteiger charge is 2.25. The molecule has 0 spiro atoms. The van der Waals surface area contributed by atoms with Gasteiger partial charge in [0.05, 0.1) is 0 Å². The minimum absolute atomic E-state index is 0.459. The van der Waals surface area contributed by atoms with E-state index < -0.39 is 0 Å². The van der Waals surface area contributed by atoms with Crippen LogP contribution in [0.4, 0.5) is 0 Å². The van der Waals surface area contributed by atoms with Crippen LogP contribution < -0.4 is 5.73 Å². The second-order valence-corrected chi connectivity index (χ2v) is 4.99. The van der Waals surface area contributed by atoms with Crippen molar-refractivity contribution < 1.29 is 4.52 Å². The van der Waals surface area contributed by atoms with Crippen molar-refractivity contribution in [3.8, 4) is 0 Å². The molecule has 5 nitrogen and oxygen atoms in total. The SMILES string of the molecule is CC(C)N1CCC(c2noc(CCN)n2)CC1. The summed E-state index contributed by atoms with van der Waals surface area (Å²) in [5.41, 5.74) is 5.47. The molecule has 17 heavy (non-hydrogen) atoms. The van der Waals surface area contributed by atoms with Crippen LogP contribution in [0.2, 0.25) is 0 Å². The number of likely N-dealkylation sites (tertiary alicyclic amines) is 1. The third-order valence-electron chi connectivity index (χ3n) is 3.47. The molecule has 0 amide bonds. The standard InChI is InChI=1S/C12H22N4O/c1-9(2)16-7-4-10(5-8-16)12-14-11(3-6-13)17-15-12/h9-10H,3-8,13H2,1-2H3. The van der Waals surface area contributed by atoms with Gasteiger partial charge in [-0.25, -0.2) is 0 Å². The van der Waals surface area contributed by atoms with Gasteiger partial charge in [0.25, 0.3) is 0 Å². The van der Waals surface area contributed by atoms with Crippen molar-refractivity contribution in [2.24, 2.45) is 5.73 Å². The summed E-state index contributed by atoms with van der Waals surface area (Å²) in [6.07, 6.45) is 2.93. The van der Waals surface area contributed by atoms with Gasteiger partial charge in [-0.1, -0.05) is 5.16 Å². The van der Waals surface area contributed by atoms with E-state index in [0.29, 0.717) is 30.8 Å². The van der Waals surface area contributed by atoms with Crippen molar-refractivity contribution in [3.05, 3.63) is 11.7 Å². The van der Waals surface area contributed by atoms with Crippen molar-refractivity contribution in [1.29, 1.82) is 0 Å². The lowest BCUT2D eigenvalue weighted by Crippen LogP contribution is -2.38. The zero-order valence-corrected chi connectivity index (χ0v) is 10.7. The van der Waals surface area contributed by atoms with Crippen molar-refractivity contribution in [2.75, 3.05) is 19.6 Å². The van der Waals surface area contributed by atoms with Gasteiger partial charge in [0.1, 0.15) is 0 Å². The summed E-state index contributed by atoms with van der Waals surface area (Å²) in [5, 5.41) is 4.07. The van der Waals surface area contributed by atoms with E-state index in [1.807, 2.05) is 0 Å². The lowest BCUT2D eigenvalue weighted by atomic mass is 9.95. The maximum Gasteiger partial charge on any atom is 0.227 e. The fourth-order valence-corrected chi connectivity index (χ4v) is 2.33. The van der Waals surface area contributed by atoms with Gasteiger partial charge < -0.3 is 15.2 Å². The molecule has 1 aliphatic heterocycles. The van der Waals surface area contributed by atoms with Gasteiger partial charge in [0, 0.05) is 24.9 Å².